The van der Waals surface area contributed by atoms with E-state index in [9.17, 15) is 25.9 Å². The van der Waals surface area contributed by atoms with Gasteiger partial charge in [-0.1, -0.05) is 65.2 Å². The molecule has 0 heterocycles. The van der Waals surface area contributed by atoms with Crippen LogP contribution in [0.2, 0.25) is 0 Å². The van der Waals surface area contributed by atoms with E-state index in [2.05, 4.69) is 0 Å². The quantitative estimate of drug-likeness (QED) is 0.616. The molecule has 2 fully saturated rings. The summed E-state index contributed by atoms with van der Waals surface area (Å²) in [6.07, 6.45) is 7.98. The molecule has 8 heteroatoms. The highest BCUT2D eigenvalue weighted by Gasteiger charge is 2.60. The largest absolute Gasteiger partial charge is 0.285 e. The molecule has 2 rings (SSSR count). The normalized spacial score (nSPS) is 33.5. The van der Waals surface area contributed by atoms with Crippen molar-refractivity contribution in [1.82, 2.24) is 0 Å². The van der Waals surface area contributed by atoms with E-state index in [1.807, 2.05) is 13.8 Å². The van der Waals surface area contributed by atoms with E-state index in [0.717, 1.165) is 51.4 Å². The maximum atomic E-state index is 12.8. The second kappa shape index (κ2) is 8.45. The lowest BCUT2D eigenvalue weighted by Gasteiger charge is -2.51. The van der Waals surface area contributed by atoms with E-state index >= 15 is 0 Å². The molecule has 0 aromatic rings. The molecule has 0 aromatic carbocycles. The molecule has 2 aliphatic rings. The van der Waals surface area contributed by atoms with E-state index < -0.39 is 42.6 Å². The Morgan fingerprint density at radius 2 is 1.15 bits per heavy atom. The van der Waals surface area contributed by atoms with Crippen molar-refractivity contribution in [2.45, 2.75) is 82.8 Å². The van der Waals surface area contributed by atoms with E-state index in [4.69, 9.17) is 0 Å². The van der Waals surface area contributed by atoms with Gasteiger partial charge in [-0.05, 0) is 36.5 Å². The lowest BCUT2D eigenvalue weighted by Crippen LogP contribution is -2.60. The fourth-order valence-electron chi connectivity index (χ4n) is 5.91. The molecule has 0 bridgehead atoms. The molecule has 0 spiro atoms. The predicted octanol–water partition coefficient (Wildman–Crippen LogP) is 3.93. The van der Waals surface area contributed by atoms with Gasteiger partial charge >= 0.3 is 0 Å². The van der Waals surface area contributed by atoms with Crippen LogP contribution in [0.25, 0.3) is 0 Å². The standard InChI is InChI=1S/C18H34O6S2/c1-3-14-9-5-7-11-16(14)18(26(22,23)24,13-25(19,20)21)17-12-8-6-10-15(17)4-2/h14-17H,3-13H2,1-2H3,(H,19,20,21)(H,22,23,24). The van der Waals surface area contributed by atoms with Crippen molar-refractivity contribution in [2.24, 2.45) is 23.7 Å². The molecule has 0 radical (unpaired) electrons. The Labute approximate surface area is 158 Å². The van der Waals surface area contributed by atoms with Crippen LogP contribution in [0.15, 0.2) is 0 Å². The van der Waals surface area contributed by atoms with Crippen LogP contribution in [0.4, 0.5) is 0 Å². The van der Waals surface area contributed by atoms with Crippen LogP contribution in [0.5, 0.6) is 0 Å². The highest BCUT2D eigenvalue weighted by atomic mass is 32.2. The molecule has 2 saturated carbocycles. The second-order valence-corrected chi connectivity index (χ2v) is 11.4. The lowest BCUT2D eigenvalue weighted by molar-refractivity contribution is 0.0814. The Morgan fingerprint density at radius 3 is 1.46 bits per heavy atom. The van der Waals surface area contributed by atoms with Crippen LogP contribution in [0.1, 0.15) is 78.1 Å². The summed E-state index contributed by atoms with van der Waals surface area (Å²) in [4.78, 5) is 0. The Bertz CT molecular complexity index is 646. The minimum atomic E-state index is -4.68. The highest BCUT2D eigenvalue weighted by Crippen LogP contribution is 2.52. The second-order valence-electron chi connectivity index (χ2n) is 8.27. The average Bonchev–Trinajstić information content (AvgIpc) is 2.57. The van der Waals surface area contributed by atoms with Gasteiger partial charge in [0.25, 0.3) is 20.2 Å². The third-order valence-corrected chi connectivity index (χ3v) is 9.75. The van der Waals surface area contributed by atoms with E-state index in [1.165, 1.54) is 0 Å². The molecule has 26 heavy (non-hydrogen) atoms. The SMILES string of the molecule is CCC1CCCCC1C(CS(=O)(=O)O)(C1CCCCC1CC)S(=O)(=O)O. The van der Waals surface area contributed by atoms with E-state index in [-0.39, 0.29) is 11.8 Å². The number of hydrogen-bond donors (Lipinski definition) is 2. The summed E-state index contributed by atoms with van der Waals surface area (Å²) in [6, 6.07) is 0. The minimum absolute atomic E-state index is 0.0480. The molecule has 4 unspecified atom stereocenters. The first-order chi connectivity index (χ1) is 12.1. The molecule has 0 aliphatic heterocycles. The molecule has 0 saturated heterocycles. The maximum absolute atomic E-state index is 12.8. The van der Waals surface area contributed by atoms with Crippen LogP contribution in [0.3, 0.4) is 0 Å². The Hall–Kier alpha value is -0.180. The molecular formula is C18H34O6S2. The fraction of sp³-hybridized carbons (Fsp3) is 1.00. The summed E-state index contributed by atoms with van der Waals surface area (Å²) in [7, 11) is -9.25. The third kappa shape index (κ3) is 4.45. The Balaban J connectivity index is 2.67. The van der Waals surface area contributed by atoms with Crippen LogP contribution in [-0.2, 0) is 20.2 Å². The summed E-state index contributed by atoms with van der Waals surface area (Å²) in [6.45, 7) is 3.98. The van der Waals surface area contributed by atoms with Gasteiger partial charge in [0.1, 0.15) is 4.75 Å². The van der Waals surface area contributed by atoms with Gasteiger partial charge in [0.2, 0.25) is 0 Å². The summed E-state index contributed by atoms with van der Waals surface area (Å²) < 4.78 is 67.9. The number of hydrogen-bond acceptors (Lipinski definition) is 4. The smallest absolute Gasteiger partial charge is 0.272 e. The van der Waals surface area contributed by atoms with Crippen molar-refractivity contribution < 1.29 is 25.9 Å². The zero-order valence-corrected chi connectivity index (χ0v) is 17.6. The molecule has 6 nitrogen and oxygen atoms in total. The number of rotatable bonds is 7. The van der Waals surface area contributed by atoms with Gasteiger partial charge in [-0.2, -0.15) is 16.8 Å². The van der Waals surface area contributed by atoms with Crippen molar-refractivity contribution in [3.63, 3.8) is 0 Å². The maximum Gasteiger partial charge on any atom is 0.272 e. The topological polar surface area (TPSA) is 109 Å². The third-order valence-electron chi connectivity index (χ3n) is 7.01. The van der Waals surface area contributed by atoms with Crippen molar-refractivity contribution >= 4 is 20.2 Å². The fourth-order valence-corrected chi connectivity index (χ4v) is 9.34. The van der Waals surface area contributed by atoms with Crippen LogP contribution in [0, 0.1) is 23.7 Å². The van der Waals surface area contributed by atoms with Crippen molar-refractivity contribution in [3.8, 4) is 0 Å². The van der Waals surface area contributed by atoms with Gasteiger partial charge in [0.15, 0.2) is 0 Å². The molecule has 2 aliphatic carbocycles. The Kier molecular flexibility index (Phi) is 7.19. The zero-order valence-electron chi connectivity index (χ0n) is 15.9. The predicted molar refractivity (Wildman–Crippen MR) is 102 cm³/mol. The molecule has 0 amide bonds. The molecule has 0 aromatic heterocycles. The van der Waals surface area contributed by atoms with Crippen LogP contribution in [-0.4, -0.2) is 36.4 Å². The van der Waals surface area contributed by atoms with Crippen LogP contribution >= 0.6 is 0 Å². The lowest BCUT2D eigenvalue weighted by atomic mass is 9.61. The van der Waals surface area contributed by atoms with Gasteiger partial charge < -0.3 is 0 Å². The van der Waals surface area contributed by atoms with Crippen LogP contribution < -0.4 is 0 Å². The average molecular weight is 411 g/mol. The summed E-state index contributed by atoms with van der Waals surface area (Å²) in [5.41, 5.74) is 0. The highest BCUT2D eigenvalue weighted by molar-refractivity contribution is 7.90. The zero-order chi connectivity index (χ0) is 19.6. The molecule has 4 atom stereocenters. The van der Waals surface area contributed by atoms with Crippen molar-refractivity contribution in [3.05, 3.63) is 0 Å². The van der Waals surface area contributed by atoms with Gasteiger partial charge in [-0.15, -0.1) is 0 Å². The first kappa shape index (κ1) is 22.1. The summed E-state index contributed by atoms with van der Waals surface area (Å²) in [5.74, 6) is -1.66. The van der Waals surface area contributed by atoms with Gasteiger partial charge in [0.05, 0.1) is 5.75 Å². The summed E-state index contributed by atoms with van der Waals surface area (Å²) >= 11 is 0. The molecular weight excluding hydrogens is 376 g/mol. The monoisotopic (exact) mass is 410 g/mol. The minimum Gasteiger partial charge on any atom is -0.285 e. The Morgan fingerprint density at radius 1 is 0.769 bits per heavy atom. The first-order valence-corrected chi connectivity index (χ1v) is 13.0. The molecule has 2 N–H and O–H groups in total. The van der Waals surface area contributed by atoms with Gasteiger partial charge in [-0.25, -0.2) is 0 Å². The van der Waals surface area contributed by atoms with E-state index in [0.29, 0.717) is 12.8 Å². The van der Waals surface area contributed by atoms with Gasteiger partial charge in [-0.3, -0.25) is 9.11 Å². The van der Waals surface area contributed by atoms with Gasteiger partial charge in [0, 0.05) is 0 Å². The van der Waals surface area contributed by atoms with Crippen molar-refractivity contribution in [2.75, 3.05) is 5.75 Å². The van der Waals surface area contributed by atoms with Crippen molar-refractivity contribution in [1.29, 1.82) is 0 Å². The molecule has 154 valence electrons. The summed E-state index contributed by atoms with van der Waals surface area (Å²) in [5, 5.41) is 0. The van der Waals surface area contributed by atoms with E-state index in [1.54, 1.807) is 0 Å². The first-order valence-electron chi connectivity index (χ1n) is 9.99.